The summed E-state index contributed by atoms with van der Waals surface area (Å²) < 4.78 is 1.43. The van der Waals surface area contributed by atoms with E-state index in [1.54, 1.807) is 0 Å². The van der Waals surface area contributed by atoms with Gasteiger partial charge in [-0.05, 0) is 31.2 Å². The van der Waals surface area contributed by atoms with E-state index >= 15 is 0 Å². The molecule has 7 nitrogen and oxygen atoms in total. The summed E-state index contributed by atoms with van der Waals surface area (Å²) >= 11 is 5.61. The first-order chi connectivity index (χ1) is 13.1. The molecular formula is C16H17N5O2S4. The second-order valence-corrected chi connectivity index (χ2v) is 10.4. The molecule has 0 aliphatic heterocycles. The molecule has 0 bridgehead atoms. The lowest BCUT2D eigenvalue weighted by atomic mass is 9.96. The van der Waals surface area contributed by atoms with Crippen LogP contribution in [0.15, 0.2) is 8.68 Å². The summed E-state index contributed by atoms with van der Waals surface area (Å²) in [6, 6.07) is 2.25. The number of aryl methyl sites for hydroxylation is 1. The number of rotatable bonds is 8. The molecule has 2 amide bonds. The lowest BCUT2D eigenvalue weighted by molar-refractivity contribution is -0.116. The number of aromatic nitrogens is 2. The van der Waals surface area contributed by atoms with Gasteiger partial charge in [0.05, 0.1) is 11.3 Å². The number of nitrogens with two attached hydrogens (primary N) is 1. The minimum absolute atomic E-state index is 0.106. The number of hydrogen-bond acceptors (Lipinski definition) is 9. The van der Waals surface area contributed by atoms with E-state index in [1.165, 1.54) is 51.1 Å². The van der Waals surface area contributed by atoms with Crippen molar-refractivity contribution >= 4 is 63.0 Å². The van der Waals surface area contributed by atoms with Gasteiger partial charge < -0.3 is 11.1 Å². The number of nitriles is 1. The third-order valence-corrected chi connectivity index (χ3v) is 8.24. The van der Waals surface area contributed by atoms with E-state index in [0.29, 0.717) is 27.1 Å². The molecule has 2 heterocycles. The molecule has 142 valence electrons. The van der Waals surface area contributed by atoms with Crippen LogP contribution in [-0.4, -0.2) is 33.5 Å². The summed E-state index contributed by atoms with van der Waals surface area (Å²) in [4.78, 5) is 24.3. The zero-order valence-corrected chi connectivity index (χ0v) is 17.6. The molecule has 11 heteroatoms. The van der Waals surface area contributed by atoms with Crippen molar-refractivity contribution in [2.24, 2.45) is 5.73 Å². The molecule has 0 spiro atoms. The molecule has 1 aliphatic rings. The average Bonchev–Trinajstić information content (AvgIpc) is 3.23. The molecule has 2 aromatic rings. The number of carbonyl (C=O) groups is 2. The molecule has 0 unspecified atom stereocenters. The van der Waals surface area contributed by atoms with E-state index < -0.39 is 5.91 Å². The Morgan fingerprint density at radius 3 is 2.67 bits per heavy atom. The van der Waals surface area contributed by atoms with Crippen LogP contribution in [0.25, 0.3) is 0 Å². The molecule has 3 N–H and O–H groups in total. The fourth-order valence-electron chi connectivity index (χ4n) is 2.64. The van der Waals surface area contributed by atoms with Gasteiger partial charge in [-0.25, -0.2) is 0 Å². The van der Waals surface area contributed by atoms with E-state index in [-0.39, 0.29) is 11.7 Å². The van der Waals surface area contributed by atoms with Crippen LogP contribution in [0.5, 0.6) is 0 Å². The number of thioether (sulfide) groups is 2. The molecule has 27 heavy (non-hydrogen) atoms. The third kappa shape index (κ3) is 5.44. The minimum atomic E-state index is -0.395. The van der Waals surface area contributed by atoms with E-state index in [1.807, 2.05) is 0 Å². The number of primary amides is 1. The first-order valence-corrected chi connectivity index (χ1v) is 11.9. The van der Waals surface area contributed by atoms with Crippen molar-refractivity contribution in [2.75, 3.05) is 16.8 Å². The maximum atomic E-state index is 12.3. The molecule has 0 radical (unpaired) electrons. The molecule has 2 aromatic heterocycles. The third-order valence-electron chi connectivity index (χ3n) is 3.82. The topological polar surface area (TPSA) is 122 Å². The van der Waals surface area contributed by atoms with Crippen molar-refractivity contribution in [3.8, 4) is 6.07 Å². The first kappa shape index (κ1) is 20.1. The van der Waals surface area contributed by atoms with Crippen molar-refractivity contribution in [1.29, 1.82) is 5.26 Å². The van der Waals surface area contributed by atoms with Crippen molar-refractivity contribution < 1.29 is 9.59 Å². The van der Waals surface area contributed by atoms with E-state index in [9.17, 15) is 14.9 Å². The van der Waals surface area contributed by atoms with Crippen molar-refractivity contribution in [2.45, 2.75) is 40.8 Å². The van der Waals surface area contributed by atoms with Crippen molar-refractivity contribution in [3.63, 3.8) is 0 Å². The highest BCUT2D eigenvalue weighted by Crippen LogP contribution is 2.37. The second kappa shape index (κ2) is 9.54. The monoisotopic (exact) mass is 439 g/mol. The number of amides is 2. The molecule has 0 fully saturated rings. The summed E-state index contributed by atoms with van der Waals surface area (Å²) in [5, 5.41) is 21.0. The highest BCUT2D eigenvalue weighted by atomic mass is 32.2. The maximum absolute atomic E-state index is 12.3. The lowest BCUT2D eigenvalue weighted by Gasteiger charge is -2.09. The minimum Gasteiger partial charge on any atom is -0.369 e. The molecule has 0 aromatic carbocycles. The summed E-state index contributed by atoms with van der Waals surface area (Å²) in [7, 11) is 0. The Balaban J connectivity index is 1.49. The van der Waals surface area contributed by atoms with Crippen molar-refractivity contribution in [3.05, 3.63) is 16.0 Å². The Hall–Kier alpha value is -1.61. The molecule has 3 rings (SSSR count). The average molecular weight is 440 g/mol. The van der Waals surface area contributed by atoms with Crippen molar-refractivity contribution in [1.82, 2.24) is 10.2 Å². The zero-order chi connectivity index (χ0) is 19.2. The molecule has 1 aliphatic carbocycles. The number of nitrogens with zero attached hydrogens (tertiary/aromatic N) is 3. The summed E-state index contributed by atoms with van der Waals surface area (Å²) in [6.07, 6.45) is 4.48. The Morgan fingerprint density at radius 1 is 1.19 bits per heavy atom. The van der Waals surface area contributed by atoms with Crippen LogP contribution in [0.4, 0.5) is 5.00 Å². The Kier molecular flexibility index (Phi) is 7.12. The lowest BCUT2D eigenvalue weighted by Crippen LogP contribution is -2.12. The van der Waals surface area contributed by atoms with Gasteiger partial charge in [-0.3, -0.25) is 9.59 Å². The van der Waals surface area contributed by atoms with Gasteiger partial charge in [0.2, 0.25) is 11.8 Å². The fraction of sp³-hybridized carbons (Fsp3) is 0.438. The fourth-order valence-corrected chi connectivity index (χ4v) is 6.66. The van der Waals surface area contributed by atoms with Gasteiger partial charge in [0.1, 0.15) is 11.1 Å². The maximum Gasteiger partial charge on any atom is 0.227 e. The highest BCUT2D eigenvalue weighted by Gasteiger charge is 2.21. The van der Waals surface area contributed by atoms with E-state index in [4.69, 9.17) is 5.73 Å². The number of fused-ring (bicyclic) bond motifs is 1. The van der Waals surface area contributed by atoms with Crippen LogP contribution >= 0.6 is 46.2 Å². The second-order valence-electron chi connectivity index (χ2n) is 5.76. The number of anilines is 1. The Morgan fingerprint density at radius 2 is 1.93 bits per heavy atom. The van der Waals surface area contributed by atoms with Crippen LogP contribution in [0.2, 0.25) is 0 Å². The van der Waals surface area contributed by atoms with Crippen LogP contribution in [0, 0.1) is 11.3 Å². The SMILES string of the molecule is N#Cc1c(NC(=O)CCSc2nnc(SCC(N)=O)s2)sc2c1CCCC2. The van der Waals surface area contributed by atoms with Gasteiger partial charge in [0.25, 0.3) is 0 Å². The normalized spacial score (nSPS) is 13.0. The van der Waals surface area contributed by atoms with Crippen LogP contribution < -0.4 is 11.1 Å². The zero-order valence-electron chi connectivity index (χ0n) is 14.3. The van der Waals surface area contributed by atoms with Gasteiger partial charge in [0, 0.05) is 17.1 Å². The summed E-state index contributed by atoms with van der Waals surface area (Å²) in [5.41, 5.74) is 6.86. The van der Waals surface area contributed by atoms with E-state index in [0.717, 1.165) is 35.6 Å². The quantitative estimate of drug-likeness (QED) is 0.606. The Bertz CT molecular complexity index is 886. The predicted molar refractivity (Wildman–Crippen MR) is 109 cm³/mol. The summed E-state index contributed by atoms with van der Waals surface area (Å²) in [5.74, 6) is 0.236. The van der Waals surface area contributed by atoms with Crippen LogP contribution in [0.1, 0.15) is 35.3 Å². The van der Waals surface area contributed by atoms with Crippen LogP contribution in [-0.2, 0) is 22.4 Å². The highest BCUT2D eigenvalue weighted by molar-refractivity contribution is 8.03. The van der Waals surface area contributed by atoms with Gasteiger partial charge >= 0.3 is 0 Å². The van der Waals surface area contributed by atoms with Gasteiger partial charge in [-0.15, -0.1) is 21.5 Å². The van der Waals surface area contributed by atoms with Gasteiger partial charge in [-0.2, -0.15) is 5.26 Å². The van der Waals surface area contributed by atoms with Gasteiger partial charge in [0.15, 0.2) is 8.68 Å². The van der Waals surface area contributed by atoms with Crippen LogP contribution in [0.3, 0.4) is 0 Å². The number of hydrogen-bond donors (Lipinski definition) is 2. The largest absolute Gasteiger partial charge is 0.369 e. The van der Waals surface area contributed by atoms with E-state index in [2.05, 4.69) is 21.6 Å². The smallest absolute Gasteiger partial charge is 0.227 e. The molecule has 0 saturated heterocycles. The molecule has 0 saturated carbocycles. The molecular weight excluding hydrogens is 422 g/mol. The number of nitrogens with one attached hydrogen (secondary N) is 1. The Labute approximate surface area is 173 Å². The first-order valence-electron chi connectivity index (χ1n) is 8.28. The summed E-state index contributed by atoms with van der Waals surface area (Å²) in [6.45, 7) is 0. The molecule has 0 atom stereocenters. The van der Waals surface area contributed by atoms with Gasteiger partial charge in [-0.1, -0.05) is 34.9 Å². The standard InChI is InChI=1S/C16H17N5O2S4/c17-7-10-9-3-1-2-4-11(9)26-14(10)19-13(23)5-6-24-15-20-21-16(27-15)25-8-12(18)22/h1-6,8H2,(H2,18,22)(H,19,23). The predicted octanol–water partition coefficient (Wildman–Crippen LogP) is 3.05. The number of thiophene rings is 1. The number of carbonyl (C=O) groups excluding carboxylic acids is 2.